The van der Waals surface area contributed by atoms with Gasteiger partial charge in [-0.15, -0.1) is 11.3 Å². The molecule has 3 nitrogen and oxygen atoms in total. The topological polar surface area (TPSA) is 9.72 Å². The SMILES string of the molecule is c1ccc(N2c3ccccc3N(c3ccccc3)c3cc(-c4ccc(N(c5ccc(-c6cccc7c6sc6ccccc67)cc5)c5cccc6ccccc56)cc4)ccc32)cc1. The van der Waals surface area contributed by atoms with Gasteiger partial charge in [-0.2, -0.15) is 0 Å². The lowest BCUT2D eigenvalue weighted by molar-refractivity contribution is 1.17. The van der Waals surface area contributed by atoms with Gasteiger partial charge in [0, 0.05) is 48.3 Å². The average molecular weight is 810 g/mol. The molecular formula is C58H39N3S. The fourth-order valence-corrected chi connectivity index (χ4v) is 10.5. The third-order valence-corrected chi connectivity index (χ3v) is 13.4. The Morgan fingerprint density at radius 2 is 0.855 bits per heavy atom. The van der Waals surface area contributed by atoms with E-state index < -0.39 is 0 Å². The van der Waals surface area contributed by atoms with Gasteiger partial charge >= 0.3 is 0 Å². The first-order valence-electron chi connectivity index (χ1n) is 21.1. The maximum atomic E-state index is 2.40. The third kappa shape index (κ3) is 6.03. The van der Waals surface area contributed by atoms with Gasteiger partial charge in [-0.25, -0.2) is 0 Å². The Morgan fingerprint density at radius 3 is 1.56 bits per heavy atom. The number of thiophene rings is 1. The molecule has 0 atom stereocenters. The van der Waals surface area contributed by atoms with Crippen molar-refractivity contribution in [1.29, 1.82) is 0 Å². The Bertz CT molecular complexity index is 3410. The zero-order chi connectivity index (χ0) is 41.0. The predicted molar refractivity (Wildman–Crippen MR) is 265 cm³/mol. The van der Waals surface area contributed by atoms with Crippen molar-refractivity contribution in [2.24, 2.45) is 0 Å². The maximum absolute atomic E-state index is 2.40. The summed E-state index contributed by atoms with van der Waals surface area (Å²) < 4.78 is 2.65. The van der Waals surface area contributed by atoms with Crippen LogP contribution in [0.3, 0.4) is 0 Å². The molecule has 0 aliphatic carbocycles. The van der Waals surface area contributed by atoms with Gasteiger partial charge in [0.05, 0.1) is 28.4 Å². The molecule has 10 aromatic carbocycles. The molecule has 0 saturated heterocycles. The molecule has 62 heavy (non-hydrogen) atoms. The van der Waals surface area contributed by atoms with Crippen molar-refractivity contribution in [2.45, 2.75) is 0 Å². The highest BCUT2D eigenvalue weighted by Crippen LogP contribution is 2.55. The minimum absolute atomic E-state index is 1.09. The summed E-state index contributed by atoms with van der Waals surface area (Å²) in [5.74, 6) is 0. The summed E-state index contributed by atoms with van der Waals surface area (Å²) in [5, 5.41) is 5.05. The fraction of sp³-hybridized carbons (Fsp3) is 0. The fourth-order valence-electron chi connectivity index (χ4n) is 9.28. The summed E-state index contributed by atoms with van der Waals surface area (Å²) in [5.41, 5.74) is 14.9. The van der Waals surface area contributed by atoms with Crippen LogP contribution in [0.25, 0.3) is 53.2 Å². The molecule has 1 aliphatic rings. The zero-order valence-electron chi connectivity index (χ0n) is 33.8. The molecule has 1 aromatic heterocycles. The van der Waals surface area contributed by atoms with Crippen molar-refractivity contribution < 1.29 is 0 Å². The molecule has 2 heterocycles. The number of para-hydroxylation sites is 4. The Labute approximate surface area is 365 Å². The third-order valence-electron chi connectivity index (χ3n) is 12.2. The molecule has 0 saturated carbocycles. The second kappa shape index (κ2) is 15.0. The van der Waals surface area contributed by atoms with Crippen molar-refractivity contribution in [2.75, 3.05) is 14.7 Å². The number of benzene rings is 10. The number of rotatable bonds is 7. The first-order chi connectivity index (χ1) is 30.8. The predicted octanol–water partition coefficient (Wildman–Crippen LogP) is 17.3. The van der Waals surface area contributed by atoms with E-state index in [1.807, 2.05) is 11.3 Å². The molecule has 0 unspecified atom stereocenters. The van der Waals surface area contributed by atoms with Crippen LogP contribution in [-0.2, 0) is 0 Å². The van der Waals surface area contributed by atoms with E-state index in [0.29, 0.717) is 0 Å². The molecule has 11 aromatic rings. The van der Waals surface area contributed by atoms with Gasteiger partial charge in [-0.05, 0) is 113 Å². The molecule has 1 aliphatic heterocycles. The van der Waals surface area contributed by atoms with E-state index in [2.05, 4.69) is 251 Å². The van der Waals surface area contributed by atoms with Crippen LogP contribution in [0.1, 0.15) is 0 Å². The van der Waals surface area contributed by atoms with Gasteiger partial charge in [0.1, 0.15) is 0 Å². The Morgan fingerprint density at radius 1 is 0.339 bits per heavy atom. The first-order valence-corrected chi connectivity index (χ1v) is 21.9. The highest BCUT2D eigenvalue weighted by molar-refractivity contribution is 7.26. The minimum Gasteiger partial charge on any atom is -0.310 e. The van der Waals surface area contributed by atoms with Crippen LogP contribution in [0.5, 0.6) is 0 Å². The number of hydrogen-bond donors (Lipinski definition) is 0. The molecule has 0 radical (unpaired) electrons. The van der Waals surface area contributed by atoms with E-state index in [1.54, 1.807) is 0 Å². The van der Waals surface area contributed by atoms with Gasteiger partial charge in [-0.3, -0.25) is 0 Å². The van der Waals surface area contributed by atoms with Gasteiger partial charge in [0.15, 0.2) is 0 Å². The lowest BCUT2D eigenvalue weighted by Gasteiger charge is -2.40. The van der Waals surface area contributed by atoms with Crippen molar-refractivity contribution >= 4 is 93.5 Å². The monoisotopic (exact) mass is 809 g/mol. The summed E-state index contributed by atoms with van der Waals surface area (Å²) in [6, 6.07) is 85.8. The lowest BCUT2D eigenvalue weighted by atomic mass is 9.99. The van der Waals surface area contributed by atoms with E-state index in [9.17, 15) is 0 Å². The van der Waals surface area contributed by atoms with Crippen molar-refractivity contribution in [3.63, 3.8) is 0 Å². The van der Waals surface area contributed by atoms with Crippen LogP contribution in [0.2, 0.25) is 0 Å². The molecule has 12 rings (SSSR count). The van der Waals surface area contributed by atoms with Crippen LogP contribution < -0.4 is 14.7 Å². The highest BCUT2D eigenvalue weighted by Gasteiger charge is 2.30. The number of anilines is 9. The molecule has 0 spiro atoms. The quantitative estimate of drug-likeness (QED) is 0.159. The molecule has 0 N–H and O–H groups in total. The lowest BCUT2D eigenvalue weighted by Crippen LogP contribution is -2.24. The summed E-state index contributed by atoms with van der Waals surface area (Å²) in [6.45, 7) is 0. The first kappa shape index (κ1) is 36.0. The minimum atomic E-state index is 1.09. The van der Waals surface area contributed by atoms with E-state index in [0.717, 1.165) is 62.3 Å². The second-order valence-electron chi connectivity index (χ2n) is 15.7. The summed E-state index contributed by atoms with van der Waals surface area (Å²) in [7, 11) is 0. The molecule has 4 heteroatoms. The van der Waals surface area contributed by atoms with Crippen molar-refractivity contribution in [3.8, 4) is 22.3 Å². The van der Waals surface area contributed by atoms with E-state index in [-0.39, 0.29) is 0 Å². The van der Waals surface area contributed by atoms with Crippen LogP contribution >= 0.6 is 11.3 Å². The van der Waals surface area contributed by atoms with Gasteiger partial charge in [0.25, 0.3) is 0 Å². The summed E-state index contributed by atoms with van der Waals surface area (Å²) >= 11 is 1.88. The molecule has 292 valence electrons. The molecule has 0 bridgehead atoms. The maximum Gasteiger partial charge on any atom is 0.0709 e. The second-order valence-corrected chi connectivity index (χ2v) is 16.8. The van der Waals surface area contributed by atoms with Crippen LogP contribution in [0, 0.1) is 0 Å². The Balaban J connectivity index is 0.959. The Hall–Kier alpha value is -7.92. The summed E-state index contributed by atoms with van der Waals surface area (Å²) in [6.07, 6.45) is 0. The van der Waals surface area contributed by atoms with Gasteiger partial charge in [0.2, 0.25) is 0 Å². The van der Waals surface area contributed by atoms with Crippen LogP contribution in [-0.4, -0.2) is 0 Å². The molecule has 0 amide bonds. The largest absolute Gasteiger partial charge is 0.310 e. The number of nitrogens with zero attached hydrogens (tertiary/aromatic N) is 3. The van der Waals surface area contributed by atoms with Crippen molar-refractivity contribution in [3.05, 3.63) is 237 Å². The van der Waals surface area contributed by atoms with Crippen LogP contribution in [0.15, 0.2) is 237 Å². The highest BCUT2D eigenvalue weighted by atomic mass is 32.1. The van der Waals surface area contributed by atoms with Gasteiger partial charge < -0.3 is 14.7 Å². The van der Waals surface area contributed by atoms with Gasteiger partial charge in [-0.1, -0.05) is 152 Å². The van der Waals surface area contributed by atoms with E-state index in [4.69, 9.17) is 0 Å². The van der Waals surface area contributed by atoms with E-state index >= 15 is 0 Å². The zero-order valence-corrected chi connectivity index (χ0v) is 34.6. The van der Waals surface area contributed by atoms with E-state index in [1.165, 1.54) is 42.1 Å². The van der Waals surface area contributed by atoms with Crippen LogP contribution in [0.4, 0.5) is 51.2 Å². The molecule has 0 fully saturated rings. The number of hydrogen-bond acceptors (Lipinski definition) is 4. The summed E-state index contributed by atoms with van der Waals surface area (Å²) in [4.78, 5) is 7.18. The normalized spacial score (nSPS) is 12.1. The average Bonchev–Trinajstić information content (AvgIpc) is 3.73. The Kier molecular flexibility index (Phi) is 8.68. The standard InChI is InChI=1S/C58H39N3S/c1-3-17-44(18-4-1)60-53-25-10-11-26-54(53)61(45-19-5-2-6-20-45)56-39-43(33-38-55(56)60)40-29-34-46(35-30-40)59(52-27-13-16-41-15-7-8-21-48(41)52)47-36-31-42(32-37-47)49-23-14-24-51-50-22-9-12-28-57(50)62-58(49)51/h1-39H. The smallest absolute Gasteiger partial charge is 0.0709 e. The van der Waals surface area contributed by atoms with Crippen molar-refractivity contribution in [1.82, 2.24) is 0 Å². The molecular weight excluding hydrogens is 771 g/mol. The number of fused-ring (bicyclic) bond motifs is 6.